The van der Waals surface area contributed by atoms with Gasteiger partial charge in [0, 0.05) is 36.1 Å². The molecule has 5 nitrogen and oxygen atoms in total. The molecule has 0 spiro atoms. The average molecular weight is 343 g/mol. The second-order valence-electron chi connectivity index (χ2n) is 4.81. The summed E-state index contributed by atoms with van der Waals surface area (Å²) in [5.74, 6) is 0.476. The second-order valence-corrected chi connectivity index (χ2v) is 6.29. The summed E-state index contributed by atoms with van der Waals surface area (Å²) in [5.41, 5.74) is 0. The molecule has 1 heterocycles. The molecule has 1 aromatic rings. The molecule has 0 aliphatic carbocycles. The molecule has 1 aromatic carbocycles. The molecule has 0 radical (unpaired) electrons. The Morgan fingerprint density at radius 2 is 1.73 bits per heavy atom. The molecule has 7 heteroatoms. The molecule has 22 heavy (non-hydrogen) atoms. The zero-order chi connectivity index (χ0) is 15.9. The molecular weight excluding hydrogens is 324 g/mol. The highest BCUT2D eigenvalue weighted by Crippen LogP contribution is 2.21. The minimum atomic E-state index is -0.301. The number of rotatable bonds is 4. The molecule has 2 rings (SSSR count). The van der Waals surface area contributed by atoms with Crippen LogP contribution in [0.3, 0.4) is 0 Å². The highest BCUT2D eigenvalue weighted by Gasteiger charge is 2.24. The van der Waals surface area contributed by atoms with Crippen molar-refractivity contribution in [2.24, 2.45) is 0 Å². The second kappa shape index (κ2) is 8.29. The molecule has 1 fully saturated rings. The van der Waals surface area contributed by atoms with Gasteiger partial charge in [0.25, 0.3) is 0 Å². The van der Waals surface area contributed by atoms with Crippen LogP contribution >= 0.6 is 23.4 Å². The van der Waals surface area contributed by atoms with E-state index < -0.39 is 0 Å². The summed E-state index contributed by atoms with van der Waals surface area (Å²) >= 11 is 7.32. The molecule has 0 N–H and O–H groups in total. The third kappa shape index (κ3) is 4.81. The molecule has 120 valence electrons. The first-order valence-electron chi connectivity index (χ1n) is 7.18. The van der Waals surface area contributed by atoms with Crippen LogP contribution in [-0.4, -0.2) is 60.3 Å². The third-order valence-corrected chi connectivity index (χ3v) is 4.58. The predicted molar refractivity (Wildman–Crippen MR) is 87.4 cm³/mol. The summed E-state index contributed by atoms with van der Waals surface area (Å²) < 4.78 is 4.96. The fourth-order valence-corrected chi connectivity index (χ4v) is 3.05. The Labute approximate surface area is 139 Å². The number of halogens is 1. The summed E-state index contributed by atoms with van der Waals surface area (Å²) in [6, 6.07) is 7.43. The minimum absolute atomic E-state index is 0.0865. The fourth-order valence-electron chi connectivity index (χ4n) is 2.12. The number of carbonyl (C=O) groups is 2. The number of hydrogen-bond acceptors (Lipinski definition) is 4. The van der Waals surface area contributed by atoms with Gasteiger partial charge in [0.15, 0.2) is 0 Å². The molecule has 1 aliphatic heterocycles. The summed E-state index contributed by atoms with van der Waals surface area (Å²) in [6.45, 7) is 4.31. The number of carbonyl (C=O) groups excluding carboxylic acids is 2. The van der Waals surface area contributed by atoms with E-state index in [4.69, 9.17) is 16.3 Å². The number of amides is 2. The van der Waals surface area contributed by atoms with Crippen molar-refractivity contribution in [3.63, 3.8) is 0 Å². The molecule has 0 unspecified atom stereocenters. The van der Waals surface area contributed by atoms with Crippen LogP contribution in [-0.2, 0) is 9.53 Å². The van der Waals surface area contributed by atoms with Gasteiger partial charge < -0.3 is 14.5 Å². The van der Waals surface area contributed by atoms with Gasteiger partial charge in [0.05, 0.1) is 12.4 Å². The van der Waals surface area contributed by atoms with Gasteiger partial charge in [0.1, 0.15) is 0 Å². The first-order valence-corrected chi connectivity index (χ1v) is 8.54. The van der Waals surface area contributed by atoms with Crippen molar-refractivity contribution in [2.45, 2.75) is 11.8 Å². The summed E-state index contributed by atoms with van der Waals surface area (Å²) in [5, 5.41) is 0.686. The SMILES string of the molecule is CCOC(=O)N1CCN(C(=O)CSc2ccc(Cl)cc2)CC1. The normalized spacial score (nSPS) is 14.8. The van der Waals surface area contributed by atoms with E-state index in [-0.39, 0.29) is 12.0 Å². The van der Waals surface area contributed by atoms with E-state index in [1.54, 1.807) is 16.7 Å². The van der Waals surface area contributed by atoms with E-state index in [2.05, 4.69) is 0 Å². The number of thioether (sulfide) groups is 1. The predicted octanol–water partition coefficient (Wildman–Crippen LogP) is 2.73. The maximum absolute atomic E-state index is 12.2. The Morgan fingerprint density at radius 1 is 1.14 bits per heavy atom. The van der Waals surface area contributed by atoms with Gasteiger partial charge in [-0.3, -0.25) is 4.79 Å². The number of piperazine rings is 1. The van der Waals surface area contributed by atoms with Gasteiger partial charge in [-0.15, -0.1) is 11.8 Å². The highest BCUT2D eigenvalue weighted by atomic mass is 35.5. The van der Waals surface area contributed by atoms with Crippen molar-refractivity contribution in [3.8, 4) is 0 Å². The van der Waals surface area contributed by atoms with Crippen molar-refractivity contribution in [1.29, 1.82) is 0 Å². The molecule has 2 amide bonds. The van der Waals surface area contributed by atoms with Gasteiger partial charge in [0.2, 0.25) is 5.91 Å². The monoisotopic (exact) mass is 342 g/mol. The molecule has 0 saturated carbocycles. The smallest absolute Gasteiger partial charge is 0.409 e. The molecule has 1 aliphatic rings. The van der Waals surface area contributed by atoms with Crippen molar-refractivity contribution in [2.75, 3.05) is 38.5 Å². The van der Waals surface area contributed by atoms with Crippen LogP contribution in [0.1, 0.15) is 6.92 Å². The topological polar surface area (TPSA) is 49.9 Å². The quantitative estimate of drug-likeness (QED) is 0.789. The van der Waals surface area contributed by atoms with Crippen LogP contribution in [0, 0.1) is 0 Å². The zero-order valence-corrected chi connectivity index (χ0v) is 14.0. The van der Waals surface area contributed by atoms with Crippen molar-refractivity contribution >= 4 is 35.4 Å². The van der Waals surface area contributed by atoms with Gasteiger partial charge in [-0.2, -0.15) is 0 Å². The van der Waals surface area contributed by atoms with E-state index in [1.165, 1.54) is 11.8 Å². The number of hydrogen-bond donors (Lipinski definition) is 0. The molecule has 0 bridgehead atoms. The Balaban J connectivity index is 1.75. The Morgan fingerprint density at radius 3 is 2.32 bits per heavy atom. The number of ether oxygens (including phenoxy) is 1. The largest absolute Gasteiger partial charge is 0.450 e. The van der Waals surface area contributed by atoms with Gasteiger partial charge in [-0.25, -0.2) is 4.79 Å². The standard InChI is InChI=1S/C15H19ClN2O3S/c1-2-21-15(20)18-9-7-17(8-10-18)14(19)11-22-13-5-3-12(16)4-6-13/h3-6H,2,7-11H2,1H3. The summed E-state index contributed by atoms with van der Waals surface area (Å²) in [6.07, 6.45) is -0.301. The van der Waals surface area contributed by atoms with E-state index in [9.17, 15) is 9.59 Å². The van der Waals surface area contributed by atoms with Gasteiger partial charge in [-0.1, -0.05) is 11.6 Å². The average Bonchev–Trinajstić information content (AvgIpc) is 2.54. The zero-order valence-electron chi connectivity index (χ0n) is 12.5. The lowest BCUT2D eigenvalue weighted by Crippen LogP contribution is -2.51. The molecule has 1 saturated heterocycles. The summed E-state index contributed by atoms with van der Waals surface area (Å²) in [7, 11) is 0. The van der Waals surface area contributed by atoms with E-state index >= 15 is 0 Å². The molecule has 0 aromatic heterocycles. The van der Waals surface area contributed by atoms with Crippen LogP contribution in [0.5, 0.6) is 0 Å². The van der Waals surface area contributed by atoms with Crippen LogP contribution in [0.15, 0.2) is 29.2 Å². The van der Waals surface area contributed by atoms with E-state index in [0.29, 0.717) is 43.6 Å². The van der Waals surface area contributed by atoms with Crippen LogP contribution in [0.4, 0.5) is 4.79 Å². The van der Waals surface area contributed by atoms with Crippen LogP contribution < -0.4 is 0 Å². The van der Waals surface area contributed by atoms with Gasteiger partial charge in [-0.05, 0) is 31.2 Å². The van der Waals surface area contributed by atoms with Crippen molar-refractivity contribution in [1.82, 2.24) is 9.80 Å². The fraction of sp³-hybridized carbons (Fsp3) is 0.467. The maximum Gasteiger partial charge on any atom is 0.409 e. The third-order valence-electron chi connectivity index (χ3n) is 3.33. The summed E-state index contributed by atoms with van der Waals surface area (Å²) in [4.78, 5) is 28.2. The van der Waals surface area contributed by atoms with Crippen LogP contribution in [0.2, 0.25) is 5.02 Å². The maximum atomic E-state index is 12.2. The Bertz CT molecular complexity index is 516. The molecule has 0 atom stereocenters. The van der Waals surface area contributed by atoms with Gasteiger partial charge >= 0.3 is 6.09 Å². The lowest BCUT2D eigenvalue weighted by molar-refractivity contribution is -0.129. The first kappa shape index (κ1) is 17.0. The van der Waals surface area contributed by atoms with E-state index in [0.717, 1.165) is 4.90 Å². The Kier molecular flexibility index (Phi) is 6.39. The minimum Gasteiger partial charge on any atom is -0.450 e. The highest BCUT2D eigenvalue weighted by molar-refractivity contribution is 8.00. The lowest BCUT2D eigenvalue weighted by Gasteiger charge is -2.34. The number of nitrogens with zero attached hydrogens (tertiary/aromatic N) is 2. The first-order chi connectivity index (χ1) is 10.6. The molecular formula is C15H19ClN2O3S. The van der Waals surface area contributed by atoms with Crippen molar-refractivity contribution < 1.29 is 14.3 Å². The Hall–Kier alpha value is -1.40. The van der Waals surface area contributed by atoms with Crippen molar-refractivity contribution in [3.05, 3.63) is 29.3 Å². The van der Waals surface area contributed by atoms with E-state index in [1.807, 2.05) is 24.3 Å². The lowest BCUT2D eigenvalue weighted by atomic mass is 10.3. The van der Waals surface area contributed by atoms with Crippen LogP contribution in [0.25, 0.3) is 0 Å². The number of benzene rings is 1.